The Labute approximate surface area is 293 Å². The van der Waals surface area contributed by atoms with Crippen molar-refractivity contribution < 1.29 is 0 Å². The number of rotatable bonds is 3. The average Bonchev–Trinajstić information content (AvgIpc) is 3.62. The van der Waals surface area contributed by atoms with Gasteiger partial charge in [-0.05, 0) is 93.7 Å². The molecule has 4 nitrogen and oxygen atoms in total. The van der Waals surface area contributed by atoms with Crippen LogP contribution in [0, 0.1) is 22.7 Å². The third-order valence-corrected chi connectivity index (χ3v) is 10.1. The molecular weight excluding hydrogens is 609 g/mol. The van der Waals surface area contributed by atoms with Gasteiger partial charge in [0.25, 0.3) is 0 Å². The molecule has 0 aliphatic rings. The molecule has 0 saturated heterocycles. The van der Waals surface area contributed by atoms with Gasteiger partial charge in [-0.3, -0.25) is 0 Å². The Morgan fingerprint density at radius 1 is 0.500 bits per heavy atom. The van der Waals surface area contributed by atoms with Crippen molar-refractivity contribution in [2.75, 3.05) is 0 Å². The van der Waals surface area contributed by atoms with Crippen molar-refractivity contribution >= 4 is 43.6 Å². The number of fused-ring (bicyclic) bond motifs is 6. The van der Waals surface area contributed by atoms with Crippen LogP contribution in [0.2, 0.25) is 0 Å². The minimum atomic E-state index is -0.0580. The monoisotopic (exact) mass is 646 g/mol. The highest BCUT2D eigenvalue weighted by Crippen LogP contribution is 2.43. The van der Waals surface area contributed by atoms with Gasteiger partial charge in [0.05, 0.1) is 38.9 Å². The van der Waals surface area contributed by atoms with Crippen molar-refractivity contribution in [1.29, 1.82) is 10.5 Å². The van der Waals surface area contributed by atoms with Crippen LogP contribution in [0.5, 0.6) is 0 Å². The van der Waals surface area contributed by atoms with Crippen LogP contribution in [0.1, 0.15) is 63.8 Å². The molecule has 0 radical (unpaired) electrons. The number of nitrogens with zero attached hydrogens (tertiary/aromatic N) is 4. The molecule has 0 N–H and O–H groups in total. The molecule has 0 aliphatic heterocycles. The van der Waals surface area contributed by atoms with Crippen LogP contribution in [0.25, 0.3) is 66.1 Å². The SMILES string of the molecule is CC(C)(C)c1ccc2c(c1)c1ccc(-c3cccc4c3c3cc(C(C)(C)C)ccc3n4-c3cccc(C#N)c3C#N)cc1n2-c1ccccc1. The van der Waals surface area contributed by atoms with Crippen molar-refractivity contribution in [2.24, 2.45) is 0 Å². The second-order valence-electron chi connectivity index (χ2n) is 15.3. The van der Waals surface area contributed by atoms with E-state index < -0.39 is 0 Å². The highest BCUT2D eigenvalue weighted by molar-refractivity contribution is 6.17. The summed E-state index contributed by atoms with van der Waals surface area (Å²) < 4.78 is 4.54. The van der Waals surface area contributed by atoms with Gasteiger partial charge in [-0.2, -0.15) is 10.5 Å². The first-order valence-electron chi connectivity index (χ1n) is 17.2. The van der Waals surface area contributed by atoms with Crippen molar-refractivity contribution in [3.8, 4) is 34.6 Å². The number of benzene rings is 6. The zero-order valence-electron chi connectivity index (χ0n) is 29.3. The predicted molar refractivity (Wildman–Crippen MR) is 207 cm³/mol. The molecule has 0 fully saturated rings. The molecule has 2 heterocycles. The van der Waals surface area contributed by atoms with Crippen molar-refractivity contribution in [3.05, 3.63) is 144 Å². The van der Waals surface area contributed by atoms with Gasteiger partial charge in [0, 0.05) is 27.2 Å². The third-order valence-electron chi connectivity index (χ3n) is 10.1. The Morgan fingerprint density at radius 2 is 1.16 bits per heavy atom. The maximum atomic E-state index is 10.3. The summed E-state index contributed by atoms with van der Waals surface area (Å²) in [5.41, 5.74) is 11.7. The van der Waals surface area contributed by atoms with E-state index in [1.165, 1.54) is 27.4 Å². The van der Waals surface area contributed by atoms with Gasteiger partial charge in [-0.1, -0.05) is 102 Å². The summed E-state index contributed by atoms with van der Waals surface area (Å²) >= 11 is 0. The fourth-order valence-corrected chi connectivity index (χ4v) is 7.48. The van der Waals surface area contributed by atoms with E-state index in [1.54, 1.807) is 6.07 Å². The molecule has 0 atom stereocenters. The average molecular weight is 647 g/mol. The quantitative estimate of drug-likeness (QED) is 0.192. The lowest BCUT2D eigenvalue weighted by Gasteiger charge is -2.19. The number of hydrogen-bond acceptors (Lipinski definition) is 2. The number of aromatic nitrogens is 2. The summed E-state index contributed by atoms with van der Waals surface area (Å²) in [5.74, 6) is 0. The standard InChI is InChI=1S/C46H38N4/c1-45(2,3)31-19-22-40-36(25-31)35-21-18-29(24-43(35)49(40)33-13-8-7-9-14-33)34-15-11-17-42-44(34)37-26-32(46(4,5)6)20-23-41(37)50(42)39-16-10-12-30(27-47)38(39)28-48/h7-26H,1-6H3. The molecule has 0 spiro atoms. The van der Waals surface area contributed by atoms with Gasteiger partial charge in [0.2, 0.25) is 0 Å². The van der Waals surface area contributed by atoms with E-state index in [2.05, 4.69) is 166 Å². The summed E-state index contributed by atoms with van der Waals surface area (Å²) in [5, 5.41) is 24.9. The van der Waals surface area contributed by atoms with Crippen LogP contribution in [0.15, 0.2) is 121 Å². The molecule has 0 amide bonds. The fraction of sp³-hybridized carbons (Fsp3) is 0.174. The minimum Gasteiger partial charge on any atom is -0.309 e. The molecule has 242 valence electrons. The zero-order chi connectivity index (χ0) is 34.9. The molecule has 50 heavy (non-hydrogen) atoms. The molecule has 6 aromatic carbocycles. The third kappa shape index (κ3) is 4.80. The molecule has 0 unspecified atom stereocenters. The van der Waals surface area contributed by atoms with Gasteiger partial charge >= 0.3 is 0 Å². The first kappa shape index (κ1) is 31.2. The van der Waals surface area contributed by atoms with Gasteiger partial charge in [-0.25, -0.2) is 0 Å². The van der Waals surface area contributed by atoms with Crippen LogP contribution in [-0.4, -0.2) is 9.13 Å². The van der Waals surface area contributed by atoms with E-state index in [1.807, 2.05) is 12.1 Å². The Morgan fingerprint density at radius 3 is 1.82 bits per heavy atom. The Hall–Kier alpha value is -6.10. The van der Waals surface area contributed by atoms with Gasteiger partial charge in [0.15, 0.2) is 0 Å². The second-order valence-corrected chi connectivity index (χ2v) is 15.3. The fourth-order valence-electron chi connectivity index (χ4n) is 7.48. The smallest absolute Gasteiger partial charge is 0.103 e. The van der Waals surface area contributed by atoms with Crippen molar-refractivity contribution in [2.45, 2.75) is 52.4 Å². The van der Waals surface area contributed by atoms with Crippen LogP contribution in [-0.2, 0) is 10.8 Å². The van der Waals surface area contributed by atoms with E-state index in [0.717, 1.165) is 44.1 Å². The van der Waals surface area contributed by atoms with Gasteiger partial charge in [0.1, 0.15) is 12.1 Å². The van der Waals surface area contributed by atoms with E-state index in [4.69, 9.17) is 0 Å². The van der Waals surface area contributed by atoms with Crippen LogP contribution >= 0.6 is 0 Å². The minimum absolute atomic E-state index is 0.0310. The van der Waals surface area contributed by atoms with E-state index >= 15 is 0 Å². The summed E-state index contributed by atoms with van der Waals surface area (Å²) in [4.78, 5) is 0. The Kier molecular flexibility index (Phi) is 7.00. The summed E-state index contributed by atoms with van der Waals surface area (Å²) in [6.45, 7) is 13.5. The van der Waals surface area contributed by atoms with E-state index in [9.17, 15) is 10.5 Å². The number of nitriles is 2. The van der Waals surface area contributed by atoms with E-state index in [-0.39, 0.29) is 10.8 Å². The highest BCUT2D eigenvalue weighted by atomic mass is 15.0. The molecule has 4 heteroatoms. The lowest BCUT2D eigenvalue weighted by molar-refractivity contribution is 0.591. The second kappa shape index (κ2) is 11.2. The lowest BCUT2D eigenvalue weighted by Crippen LogP contribution is -2.10. The van der Waals surface area contributed by atoms with Gasteiger partial charge in [-0.15, -0.1) is 0 Å². The molecule has 0 saturated carbocycles. The first-order chi connectivity index (χ1) is 24.0. The number of para-hydroxylation sites is 1. The normalized spacial score (nSPS) is 12.2. The zero-order valence-corrected chi connectivity index (χ0v) is 29.3. The Bertz CT molecular complexity index is 2730. The first-order valence-corrected chi connectivity index (χ1v) is 17.2. The van der Waals surface area contributed by atoms with E-state index in [0.29, 0.717) is 16.8 Å². The van der Waals surface area contributed by atoms with Crippen molar-refractivity contribution in [3.63, 3.8) is 0 Å². The lowest BCUT2D eigenvalue weighted by atomic mass is 9.86. The number of hydrogen-bond donors (Lipinski definition) is 0. The van der Waals surface area contributed by atoms with Gasteiger partial charge < -0.3 is 9.13 Å². The van der Waals surface area contributed by atoms with Crippen LogP contribution in [0.3, 0.4) is 0 Å². The molecule has 0 aliphatic carbocycles. The van der Waals surface area contributed by atoms with Crippen molar-refractivity contribution in [1.82, 2.24) is 9.13 Å². The molecule has 8 aromatic rings. The molecule has 8 rings (SSSR count). The highest BCUT2D eigenvalue weighted by Gasteiger charge is 2.23. The van der Waals surface area contributed by atoms with Crippen LogP contribution < -0.4 is 0 Å². The Balaban J connectivity index is 1.48. The summed E-state index contributed by atoms with van der Waals surface area (Å²) in [7, 11) is 0. The largest absolute Gasteiger partial charge is 0.309 e. The molecular formula is C46H38N4. The summed E-state index contributed by atoms with van der Waals surface area (Å²) in [6.07, 6.45) is 0. The maximum Gasteiger partial charge on any atom is 0.103 e. The molecule has 0 bridgehead atoms. The van der Waals surface area contributed by atoms with Crippen LogP contribution in [0.4, 0.5) is 0 Å². The maximum absolute atomic E-state index is 10.3. The summed E-state index contributed by atoms with van der Waals surface area (Å²) in [6, 6.07) is 47.6. The molecule has 2 aromatic heterocycles. The predicted octanol–water partition coefficient (Wildman–Crippen LogP) is 11.9. The topological polar surface area (TPSA) is 57.4 Å².